The predicted molar refractivity (Wildman–Crippen MR) is 111 cm³/mol. The van der Waals surface area contributed by atoms with Crippen molar-refractivity contribution in [1.29, 1.82) is 0 Å². The number of alkyl halides is 3. The number of thiazole rings is 1. The second-order valence-corrected chi connectivity index (χ2v) is 6.67. The molecule has 0 amide bonds. The maximum atomic E-state index is 12.5. The Hall–Kier alpha value is -1.07. The number of nitrogens with one attached hydrogen (secondary N) is 2. The number of benzene rings is 1. The zero-order valence-electron chi connectivity index (χ0n) is 14.1. The van der Waals surface area contributed by atoms with Crippen molar-refractivity contribution in [2.24, 2.45) is 4.99 Å². The Labute approximate surface area is 176 Å². The first-order valence-electron chi connectivity index (χ1n) is 7.54. The molecule has 1 aromatic heterocycles. The molecule has 0 aliphatic carbocycles. The summed E-state index contributed by atoms with van der Waals surface area (Å²) in [5.74, 6) is 0.556. The second-order valence-electron chi connectivity index (χ2n) is 5.29. The highest BCUT2D eigenvalue weighted by atomic mass is 127. The fraction of sp³-hybridized carbons (Fsp3) is 0.375. The molecule has 0 fully saturated rings. The van der Waals surface area contributed by atoms with Gasteiger partial charge in [0.2, 0.25) is 0 Å². The summed E-state index contributed by atoms with van der Waals surface area (Å²) in [7, 11) is 1.63. The highest BCUT2D eigenvalue weighted by Gasteiger charge is 2.33. The highest BCUT2D eigenvalue weighted by molar-refractivity contribution is 14.0. The molecule has 0 aliphatic heterocycles. The van der Waals surface area contributed by atoms with Crippen molar-refractivity contribution in [3.05, 3.63) is 50.9 Å². The largest absolute Gasteiger partial charge is 0.434 e. The molecule has 2 N–H and O–H groups in total. The van der Waals surface area contributed by atoms with Crippen molar-refractivity contribution in [2.45, 2.75) is 25.6 Å². The van der Waals surface area contributed by atoms with Crippen molar-refractivity contribution in [1.82, 2.24) is 15.6 Å². The lowest BCUT2D eigenvalue weighted by atomic mass is 10.1. The lowest BCUT2D eigenvalue weighted by molar-refractivity contribution is -0.140. The number of rotatable bonds is 5. The van der Waals surface area contributed by atoms with E-state index in [0.717, 1.165) is 22.3 Å². The topological polar surface area (TPSA) is 49.3 Å². The van der Waals surface area contributed by atoms with Crippen molar-refractivity contribution >= 4 is 52.9 Å². The summed E-state index contributed by atoms with van der Waals surface area (Å²) in [6.07, 6.45) is -4.01. The van der Waals surface area contributed by atoms with E-state index in [9.17, 15) is 13.2 Å². The van der Waals surface area contributed by atoms with Crippen molar-refractivity contribution in [3.63, 3.8) is 0 Å². The average molecular weight is 519 g/mol. The summed E-state index contributed by atoms with van der Waals surface area (Å²) in [4.78, 5) is 7.72. The van der Waals surface area contributed by atoms with Gasteiger partial charge < -0.3 is 10.6 Å². The van der Waals surface area contributed by atoms with Crippen LogP contribution in [0.4, 0.5) is 13.2 Å². The van der Waals surface area contributed by atoms with Crippen LogP contribution >= 0.6 is 46.9 Å². The van der Waals surface area contributed by atoms with Gasteiger partial charge in [-0.3, -0.25) is 4.99 Å². The molecule has 0 radical (unpaired) electrons. The summed E-state index contributed by atoms with van der Waals surface area (Å²) in [6, 6.07) is 7.45. The van der Waals surface area contributed by atoms with Gasteiger partial charge in [0.1, 0.15) is 0 Å². The molecule has 2 rings (SSSR count). The number of halogens is 5. The fourth-order valence-electron chi connectivity index (χ4n) is 2.10. The standard InChI is InChI=1S/C16H18ClF3N4S.HI/c1-10(11-4-3-5-12(17)8-11)23-15(21-2)22-7-6-14-24-13(9-25-14)16(18,19)20;/h3-5,8-10H,6-7H2,1-2H3,(H2,21,22,23);1H. The Morgan fingerprint density at radius 1 is 1.38 bits per heavy atom. The van der Waals surface area contributed by atoms with Gasteiger partial charge in [-0.1, -0.05) is 23.7 Å². The van der Waals surface area contributed by atoms with Gasteiger partial charge in [0, 0.05) is 30.4 Å². The Morgan fingerprint density at radius 3 is 2.69 bits per heavy atom. The molecule has 1 atom stereocenters. The van der Waals surface area contributed by atoms with Crippen LogP contribution in [0.2, 0.25) is 5.02 Å². The molecule has 0 aliphatic rings. The van der Waals surface area contributed by atoms with Crippen LogP contribution < -0.4 is 10.6 Å². The molecule has 1 unspecified atom stereocenters. The van der Waals surface area contributed by atoms with Crippen LogP contribution in [-0.2, 0) is 12.6 Å². The van der Waals surface area contributed by atoms with E-state index in [4.69, 9.17) is 11.6 Å². The number of hydrogen-bond donors (Lipinski definition) is 2. The van der Waals surface area contributed by atoms with E-state index in [1.54, 1.807) is 13.1 Å². The van der Waals surface area contributed by atoms with Gasteiger partial charge in [-0.25, -0.2) is 4.98 Å². The Balaban J connectivity index is 0.00000338. The Bertz CT molecular complexity index is 736. The first-order valence-corrected chi connectivity index (χ1v) is 8.79. The van der Waals surface area contributed by atoms with Gasteiger partial charge in [0.25, 0.3) is 0 Å². The molecular weight excluding hydrogens is 500 g/mol. The summed E-state index contributed by atoms with van der Waals surface area (Å²) in [5, 5.41) is 8.39. The monoisotopic (exact) mass is 518 g/mol. The fourth-order valence-corrected chi connectivity index (χ4v) is 3.11. The second kappa shape index (κ2) is 10.3. The average Bonchev–Trinajstić information content (AvgIpc) is 3.03. The van der Waals surface area contributed by atoms with Gasteiger partial charge in [-0.05, 0) is 24.6 Å². The van der Waals surface area contributed by atoms with E-state index in [2.05, 4.69) is 20.6 Å². The zero-order chi connectivity index (χ0) is 18.4. The van der Waals surface area contributed by atoms with Gasteiger partial charge in [-0.15, -0.1) is 35.3 Å². The molecule has 0 saturated heterocycles. The van der Waals surface area contributed by atoms with Gasteiger partial charge in [-0.2, -0.15) is 13.2 Å². The van der Waals surface area contributed by atoms with E-state index < -0.39 is 11.9 Å². The number of guanidine groups is 1. The molecule has 26 heavy (non-hydrogen) atoms. The minimum absolute atomic E-state index is 0. The smallest absolute Gasteiger partial charge is 0.356 e. The summed E-state index contributed by atoms with van der Waals surface area (Å²) in [6.45, 7) is 2.39. The molecule has 1 heterocycles. The highest BCUT2D eigenvalue weighted by Crippen LogP contribution is 2.30. The van der Waals surface area contributed by atoms with Crippen LogP contribution in [0.5, 0.6) is 0 Å². The van der Waals surface area contributed by atoms with Gasteiger partial charge >= 0.3 is 6.18 Å². The van der Waals surface area contributed by atoms with Gasteiger partial charge in [0.15, 0.2) is 11.7 Å². The molecular formula is C16H19ClF3IN4S. The van der Waals surface area contributed by atoms with E-state index in [1.807, 2.05) is 25.1 Å². The molecule has 144 valence electrons. The van der Waals surface area contributed by atoms with Crippen LogP contribution in [0.25, 0.3) is 0 Å². The SMILES string of the molecule is CN=C(NCCc1nc(C(F)(F)F)cs1)NC(C)c1cccc(Cl)c1.I. The summed E-state index contributed by atoms with van der Waals surface area (Å²) >= 11 is 6.99. The maximum absolute atomic E-state index is 12.5. The molecule has 1 aromatic carbocycles. The molecule has 0 saturated carbocycles. The van der Waals surface area contributed by atoms with Crippen LogP contribution in [0.3, 0.4) is 0 Å². The minimum atomic E-state index is -4.40. The summed E-state index contributed by atoms with van der Waals surface area (Å²) in [5.41, 5.74) is 0.162. The molecule has 0 bridgehead atoms. The third kappa shape index (κ3) is 6.92. The number of aromatic nitrogens is 1. The summed E-state index contributed by atoms with van der Waals surface area (Å²) < 4.78 is 37.6. The maximum Gasteiger partial charge on any atom is 0.434 e. The lowest BCUT2D eigenvalue weighted by Crippen LogP contribution is -2.39. The third-order valence-corrected chi connectivity index (χ3v) is 4.54. The van der Waals surface area contributed by atoms with E-state index in [-0.39, 0.29) is 30.0 Å². The van der Waals surface area contributed by atoms with Gasteiger partial charge in [0.05, 0.1) is 11.0 Å². The van der Waals surface area contributed by atoms with E-state index in [1.165, 1.54) is 0 Å². The molecule has 4 nitrogen and oxygen atoms in total. The minimum Gasteiger partial charge on any atom is -0.356 e. The molecule has 10 heteroatoms. The quantitative estimate of drug-likeness (QED) is 0.336. The number of hydrogen-bond acceptors (Lipinski definition) is 3. The van der Waals surface area contributed by atoms with Crippen molar-refractivity contribution in [3.8, 4) is 0 Å². The van der Waals surface area contributed by atoms with Crippen LogP contribution in [0.15, 0.2) is 34.6 Å². The third-order valence-electron chi connectivity index (χ3n) is 3.40. The normalized spacial score (nSPS) is 13.1. The number of nitrogens with zero attached hydrogens (tertiary/aromatic N) is 2. The molecule has 0 spiro atoms. The molecule has 2 aromatic rings. The van der Waals surface area contributed by atoms with E-state index >= 15 is 0 Å². The van der Waals surface area contributed by atoms with E-state index in [0.29, 0.717) is 29.0 Å². The van der Waals surface area contributed by atoms with Crippen LogP contribution in [0, 0.1) is 0 Å². The first-order chi connectivity index (χ1) is 11.8. The Morgan fingerprint density at radius 2 is 2.12 bits per heavy atom. The van der Waals surface area contributed by atoms with Crippen LogP contribution in [0.1, 0.15) is 29.2 Å². The lowest BCUT2D eigenvalue weighted by Gasteiger charge is -2.18. The van der Waals surface area contributed by atoms with Crippen LogP contribution in [-0.4, -0.2) is 24.5 Å². The zero-order valence-corrected chi connectivity index (χ0v) is 18.0. The first kappa shape index (κ1) is 23.0. The predicted octanol–water partition coefficient (Wildman–Crippen LogP) is 4.90. The number of aliphatic imine (C=N–C) groups is 1. The Kier molecular flexibility index (Phi) is 9.11. The van der Waals surface area contributed by atoms with Crippen molar-refractivity contribution in [2.75, 3.05) is 13.6 Å². The van der Waals surface area contributed by atoms with Crippen molar-refractivity contribution < 1.29 is 13.2 Å².